The predicted octanol–water partition coefficient (Wildman–Crippen LogP) is 8.42. The van der Waals surface area contributed by atoms with Gasteiger partial charge in [0.2, 0.25) is 11.8 Å². The number of rotatable bonds is 11. The van der Waals surface area contributed by atoms with Crippen molar-refractivity contribution in [2.24, 2.45) is 32.3 Å². The highest BCUT2D eigenvalue weighted by Crippen LogP contribution is 2.41. The number of aryl methyl sites for hydroxylation is 4. The molecule has 2 aromatic carbocycles. The van der Waals surface area contributed by atoms with Gasteiger partial charge in [0.1, 0.15) is 0 Å². The zero-order valence-corrected chi connectivity index (χ0v) is 25.3. The summed E-state index contributed by atoms with van der Waals surface area (Å²) in [6.07, 6.45) is 1.31. The van der Waals surface area contributed by atoms with Crippen LogP contribution in [0.2, 0.25) is 0 Å². The predicted molar refractivity (Wildman–Crippen MR) is 164 cm³/mol. The van der Waals surface area contributed by atoms with Gasteiger partial charge in [0, 0.05) is 36.7 Å². The third kappa shape index (κ3) is 6.92. The molecule has 4 rings (SSSR count). The number of amides is 2. The van der Waals surface area contributed by atoms with Gasteiger partial charge < -0.3 is 19.3 Å². The van der Waals surface area contributed by atoms with Crippen molar-refractivity contribution in [1.82, 2.24) is 9.13 Å². The molecule has 2 N–H and O–H groups in total. The average Bonchev–Trinajstić information content (AvgIpc) is 3.34. The fourth-order valence-corrected chi connectivity index (χ4v) is 4.82. The molecule has 0 saturated carbocycles. The van der Waals surface area contributed by atoms with E-state index in [9.17, 15) is 19.8 Å². The van der Waals surface area contributed by atoms with E-state index in [1.54, 1.807) is 9.13 Å². The van der Waals surface area contributed by atoms with Crippen LogP contribution in [0, 0.1) is 25.7 Å². The standard InChI is InChI=1S/C32H40N6O4/c1-19(2)13-15-37-25-9-7-21(5)17-23(25)29(31(37)41)35-33-27(39)11-12-28(40)34-36-30-24-18-22(6)8-10-26(24)38(32(30)42)16-14-20(3)4/h7-10,17-20,41-42H,11-16H2,1-6H3. The highest BCUT2D eigenvalue weighted by atomic mass is 16.3. The SMILES string of the molecule is Cc1ccc2c(c1)c(N=NC(=O)CCC(=O)N=Nc1c(O)n(CCC(C)C)c3ccc(C)cc13)c(O)n2CCC(C)C. The van der Waals surface area contributed by atoms with Crippen LogP contribution in [0.4, 0.5) is 11.4 Å². The Morgan fingerprint density at radius 3 is 1.43 bits per heavy atom. The minimum atomic E-state index is -0.613. The van der Waals surface area contributed by atoms with E-state index in [1.165, 1.54) is 0 Å². The lowest BCUT2D eigenvalue weighted by Gasteiger charge is -2.09. The molecular weight excluding hydrogens is 532 g/mol. The molecule has 10 heteroatoms. The molecule has 0 aliphatic heterocycles. The summed E-state index contributed by atoms with van der Waals surface area (Å²) in [6.45, 7) is 13.6. The highest BCUT2D eigenvalue weighted by Gasteiger charge is 2.19. The number of aromatic nitrogens is 2. The third-order valence-corrected chi connectivity index (χ3v) is 7.27. The summed E-state index contributed by atoms with van der Waals surface area (Å²) in [7, 11) is 0. The van der Waals surface area contributed by atoms with Crippen LogP contribution in [0.15, 0.2) is 56.9 Å². The lowest BCUT2D eigenvalue weighted by molar-refractivity contribution is -0.123. The Morgan fingerprint density at radius 2 is 1.07 bits per heavy atom. The van der Waals surface area contributed by atoms with Crippen molar-refractivity contribution in [2.45, 2.75) is 80.3 Å². The molecule has 0 bridgehead atoms. The summed E-state index contributed by atoms with van der Waals surface area (Å²) in [5, 5.41) is 38.9. The molecule has 0 radical (unpaired) electrons. The molecule has 0 spiro atoms. The summed E-state index contributed by atoms with van der Waals surface area (Å²) in [4.78, 5) is 25.0. The van der Waals surface area contributed by atoms with Gasteiger partial charge in [-0.25, -0.2) is 0 Å². The molecule has 4 aromatic rings. The first-order valence-corrected chi connectivity index (χ1v) is 14.5. The van der Waals surface area contributed by atoms with E-state index in [4.69, 9.17) is 0 Å². The van der Waals surface area contributed by atoms with E-state index in [2.05, 4.69) is 48.2 Å². The van der Waals surface area contributed by atoms with Crippen LogP contribution in [0.1, 0.15) is 64.5 Å². The molecule has 0 saturated heterocycles. The first-order valence-electron chi connectivity index (χ1n) is 14.5. The summed E-state index contributed by atoms with van der Waals surface area (Å²) in [5.74, 6) is -0.411. The van der Waals surface area contributed by atoms with Crippen LogP contribution in [0.25, 0.3) is 21.8 Å². The smallest absolute Gasteiger partial charge is 0.265 e. The second-order valence-corrected chi connectivity index (χ2v) is 11.7. The Hall–Kier alpha value is -4.34. The monoisotopic (exact) mass is 572 g/mol. The van der Waals surface area contributed by atoms with Crippen LogP contribution < -0.4 is 0 Å². The van der Waals surface area contributed by atoms with E-state index in [-0.39, 0.29) is 36.0 Å². The van der Waals surface area contributed by atoms with Crippen molar-refractivity contribution in [3.63, 3.8) is 0 Å². The number of fused-ring (bicyclic) bond motifs is 2. The maximum absolute atomic E-state index is 12.5. The minimum Gasteiger partial charge on any atom is -0.493 e. The van der Waals surface area contributed by atoms with E-state index in [0.717, 1.165) is 35.0 Å². The maximum atomic E-state index is 12.5. The largest absolute Gasteiger partial charge is 0.493 e. The van der Waals surface area contributed by atoms with E-state index < -0.39 is 11.8 Å². The second-order valence-electron chi connectivity index (χ2n) is 11.7. The van der Waals surface area contributed by atoms with Crippen molar-refractivity contribution in [1.29, 1.82) is 0 Å². The Morgan fingerprint density at radius 1 is 0.690 bits per heavy atom. The molecular formula is C32H40N6O4. The van der Waals surface area contributed by atoms with Gasteiger partial charge in [-0.3, -0.25) is 9.59 Å². The summed E-state index contributed by atoms with van der Waals surface area (Å²) >= 11 is 0. The quantitative estimate of drug-likeness (QED) is 0.174. The number of benzene rings is 2. The highest BCUT2D eigenvalue weighted by molar-refractivity contribution is 5.97. The molecule has 2 amide bonds. The normalized spacial score (nSPS) is 12.3. The number of hydrogen-bond donors (Lipinski definition) is 2. The molecule has 0 aliphatic carbocycles. The fourth-order valence-electron chi connectivity index (χ4n) is 4.82. The van der Waals surface area contributed by atoms with Crippen LogP contribution in [0.5, 0.6) is 11.8 Å². The van der Waals surface area contributed by atoms with Gasteiger partial charge in [0.05, 0.1) is 11.0 Å². The van der Waals surface area contributed by atoms with Gasteiger partial charge in [0.25, 0.3) is 11.8 Å². The molecule has 0 fully saturated rings. The topological polar surface area (TPSA) is 134 Å². The van der Waals surface area contributed by atoms with E-state index >= 15 is 0 Å². The second kappa shape index (κ2) is 13.1. The molecule has 222 valence electrons. The van der Waals surface area contributed by atoms with E-state index in [1.807, 2.05) is 50.2 Å². The number of hydrogen-bond acceptors (Lipinski definition) is 6. The van der Waals surface area contributed by atoms with Gasteiger partial charge >= 0.3 is 0 Å². The van der Waals surface area contributed by atoms with Crippen LogP contribution in [0.3, 0.4) is 0 Å². The van der Waals surface area contributed by atoms with Gasteiger partial charge in [-0.15, -0.1) is 20.5 Å². The summed E-state index contributed by atoms with van der Waals surface area (Å²) in [6, 6.07) is 11.6. The lowest BCUT2D eigenvalue weighted by atomic mass is 10.1. The first-order chi connectivity index (χ1) is 20.0. The summed E-state index contributed by atoms with van der Waals surface area (Å²) in [5.41, 5.74) is 4.09. The van der Waals surface area contributed by atoms with Crippen molar-refractivity contribution in [3.8, 4) is 11.8 Å². The number of aromatic hydroxyl groups is 2. The number of azo groups is 2. The Balaban J connectivity index is 1.47. The molecule has 0 unspecified atom stereocenters. The molecule has 10 nitrogen and oxygen atoms in total. The fraction of sp³-hybridized carbons (Fsp3) is 0.438. The zero-order valence-electron chi connectivity index (χ0n) is 25.3. The molecule has 42 heavy (non-hydrogen) atoms. The van der Waals surface area contributed by atoms with Crippen LogP contribution >= 0.6 is 0 Å². The minimum absolute atomic E-state index is 0.0414. The maximum Gasteiger partial charge on any atom is 0.265 e. The van der Waals surface area contributed by atoms with Gasteiger partial charge in [-0.2, -0.15) is 0 Å². The molecule has 2 heterocycles. The number of nitrogens with zero attached hydrogens (tertiary/aromatic N) is 6. The van der Waals surface area contributed by atoms with Gasteiger partial charge in [-0.1, -0.05) is 51.0 Å². The van der Waals surface area contributed by atoms with Gasteiger partial charge in [0.15, 0.2) is 11.4 Å². The Labute approximate surface area is 245 Å². The van der Waals surface area contributed by atoms with E-state index in [0.29, 0.717) is 35.7 Å². The average molecular weight is 573 g/mol. The van der Waals surface area contributed by atoms with Crippen molar-refractivity contribution in [3.05, 3.63) is 47.5 Å². The van der Waals surface area contributed by atoms with Gasteiger partial charge in [-0.05, 0) is 62.8 Å². The Bertz CT molecular complexity index is 1550. The zero-order chi connectivity index (χ0) is 30.6. The van der Waals surface area contributed by atoms with Crippen molar-refractivity contribution in [2.75, 3.05) is 0 Å². The molecule has 2 aromatic heterocycles. The van der Waals surface area contributed by atoms with Crippen molar-refractivity contribution >= 4 is 45.0 Å². The van der Waals surface area contributed by atoms with Crippen LogP contribution in [-0.4, -0.2) is 31.2 Å². The Kier molecular flexibility index (Phi) is 9.55. The number of carbonyl (C=O) groups is 2. The summed E-state index contributed by atoms with van der Waals surface area (Å²) < 4.78 is 3.57. The van der Waals surface area contributed by atoms with Crippen LogP contribution in [-0.2, 0) is 22.7 Å². The number of carbonyl (C=O) groups excluding carboxylic acids is 2. The first kappa shape index (κ1) is 30.6. The van der Waals surface area contributed by atoms with Crippen molar-refractivity contribution < 1.29 is 19.8 Å². The lowest BCUT2D eigenvalue weighted by Crippen LogP contribution is -2.00. The third-order valence-electron chi connectivity index (χ3n) is 7.27. The molecule has 0 atom stereocenters. The molecule has 0 aliphatic rings.